The van der Waals surface area contributed by atoms with E-state index in [0.717, 1.165) is 17.0 Å². The lowest BCUT2D eigenvalue weighted by Gasteiger charge is -2.11. The highest BCUT2D eigenvalue weighted by Gasteiger charge is 2.30. The lowest BCUT2D eigenvalue weighted by atomic mass is 10.2. The maximum atomic E-state index is 12.6. The van der Waals surface area contributed by atoms with Crippen molar-refractivity contribution in [3.8, 4) is 0 Å². The summed E-state index contributed by atoms with van der Waals surface area (Å²) in [6, 6.07) is 10.2. The first-order valence-electron chi connectivity index (χ1n) is 6.28. The Morgan fingerprint density at radius 1 is 1.14 bits per heavy atom. The Bertz CT molecular complexity index is 684. The van der Waals surface area contributed by atoms with E-state index >= 15 is 0 Å². The molecule has 3 N–H and O–H groups in total. The van der Waals surface area contributed by atoms with Gasteiger partial charge in [0.1, 0.15) is 0 Å². The van der Waals surface area contributed by atoms with Crippen LogP contribution in [-0.4, -0.2) is 5.91 Å². The van der Waals surface area contributed by atoms with Crippen LogP contribution in [0.25, 0.3) is 0 Å². The number of carbonyl (C=O) groups is 1. The predicted molar refractivity (Wildman–Crippen MR) is 80.7 cm³/mol. The van der Waals surface area contributed by atoms with Crippen molar-refractivity contribution in [3.05, 3.63) is 48.0 Å². The van der Waals surface area contributed by atoms with Crippen molar-refractivity contribution in [1.82, 2.24) is 0 Å². The number of carbonyl (C=O) groups excluding carboxylic acids is 1. The van der Waals surface area contributed by atoms with Gasteiger partial charge in [0.15, 0.2) is 0 Å². The monoisotopic (exact) mass is 326 g/mol. The molecule has 1 amide bonds. The molecular weight excluding hydrogens is 313 g/mol. The molecule has 2 rings (SSSR count). The quantitative estimate of drug-likeness (QED) is 0.822. The molecule has 0 unspecified atom stereocenters. The molecule has 0 saturated heterocycles. The van der Waals surface area contributed by atoms with Crippen molar-refractivity contribution in [2.75, 3.05) is 11.1 Å². The minimum absolute atomic E-state index is 0.0748. The van der Waals surface area contributed by atoms with Crippen molar-refractivity contribution in [1.29, 1.82) is 0 Å². The number of rotatable bonds is 3. The van der Waals surface area contributed by atoms with Gasteiger partial charge in [-0.15, -0.1) is 0 Å². The van der Waals surface area contributed by atoms with Crippen molar-refractivity contribution in [2.45, 2.75) is 22.9 Å². The fourth-order valence-electron chi connectivity index (χ4n) is 1.75. The van der Waals surface area contributed by atoms with E-state index in [2.05, 4.69) is 5.32 Å². The summed E-state index contributed by atoms with van der Waals surface area (Å²) in [5.74, 6) is -0.174. The minimum Gasteiger partial charge on any atom is -0.398 e. The van der Waals surface area contributed by atoms with E-state index < -0.39 is 11.7 Å². The van der Waals surface area contributed by atoms with Crippen LogP contribution in [0.2, 0.25) is 0 Å². The molecule has 0 fully saturated rings. The number of hydrogen-bond acceptors (Lipinski definition) is 3. The van der Waals surface area contributed by atoms with E-state index in [0.29, 0.717) is 10.6 Å². The first-order chi connectivity index (χ1) is 10.3. The van der Waals surface area contributed by atoms with E-state index in [1.807, 2.05) is 0 Å². The minimum atomic E-state index is -4.41. The van der Waals surface area contributed by atoms with Gasteiger partial charge in [-0.2, -0.15) is 13.2 Å². The summed E-state index contributed by atoms with van der Waals surface area (Å²) in [5.41, 5.74) is 5.64. The summed E-state index contributed by atoms with van der Waals surface area (Å²) < 4.78 is 37.7. The van der Waals surface area contributed by atoms with Gasteiger partial charge >= 0.3 is 6.18 Å². The second-order valence-electron chi connectivity index (χ2n) is 4.56. The van der Waals surface area contributed by atoms with Crippen molar-refractivity contribution < 1.29 is 18.0 Å². The topological polar surface area (TPSA) is 55.1 Å². The van der Waals surface area contributed by atoms with E-state index in [1.54, 1.807) is 24.3 Å². The Morgan fingerprint density at radius 3 is 2.27 bits per heavy atom. The van der Waals surface area contributed by atoms with Crippen LogP contribution >= 0.6 is 11.8 Å². The van der Waals surface area contributed by atoms with Gasteiger partial charge in [0.05, 0.1) is 5.56 Å². The summed E-state index contributed by atoms with van der Waals surface area (Å²) in [6.07, 6.45) is -4.41. The van der Waals surface area contributed by atoms with Crippen LogP contribution in [0.4, 0.5) is 24.5 Å². The smallest absolute Gasteiger partial charge is 0.398 e. The number of benzene rings is 2. The highest BCUT2D eigenvalue weighted by Crippen LogP contribution is 2.37. The molecule has 0 aromatic heterocycles. The molecule has 0 bridgehead atoms. The molecule has 0 aliphatic carbocycles. The Balaban J connectivity index is 2.15. The van der Waals surface area contributed by atoms with Gasteiger partial charge in [-0.3, -0.25) is 4.79 Å². The summed E-state index contributed by atoms with van der Waals surface area (Å²) in [5, 5.41) is 2.63. The molecule has 0 aliphatic rings. The Labute approximate surface area is 129 Å². The van der Waals surface area contributed by atoms with E-state index in [-0.39, 0.29) is 11.6 Å². The maximum absolute atomic E-state index is 12.6. The van der Waals surface area contributed by atoms with Crippen molar-refractivity contribution in [3.63, 3.8) is 0 Å². The highest BCUT2D eigenvalue weighted by molar-refractivity contribution is 7.99. The average molecular weight is 326 g/mol. The number of nitrogens with two attached hydrogens (primary N) is 1. The molecule has 0 radical (unpaired) electrons. The SMILES string of the molecule is CC(=O)Nc1ccc(Sc2ccc(C(F)(F)F)cc2N)cc1. The van der Waals surface area contributed by atoms with Gasteiger partial charge < -0.3 is 11.1 Å². The van der Waals surface area contributed by atoms with Crippen LogP contribution in [0.5, 0.6) is 0 Å². The van der Waals surface area contributed by atoms with E-state index in [1.165, 1.54) is 24.8 Å². The molecular formula is C15H13F3N2OS. The average Bonchev–Trinajstić information content (AvgIpc) is 2.41. The van der Waals surface area contributed by atoms with Gasteiger partial charge in [-0.25, -0.2) is 0 Å². The number of alkyl halides is 3. The van der Waals surface area contributed by atoms with Crippen molar-refractivity contribution >= 4 is 29.0 Å². The van der Waals surface area contributed by atoms with Gasteiger partial charge in [-0.05, 0) is 42.5 Å². The molecule has 2 aromatic carbocycles. The molecule has 0 saturated carbocycles. The molecule has 7 heteroatoms. The Hall–Kier alpha value is -2.15. The Kier molecular flexibility index (Phi) is 4.65. The fraction of sp³-hybridized carbons (Fsp3) is 0.133. The third-order valence-electron chi connectivity index (χ3n) is 2.74. The fourth-order valence-corrected chi connectivity index (χ4v) is 2.59. The molecule has 0 heterocycles. The van der Waals surface area contributed by atoms with Gasteiger partial charge in [0.25, 0.3) is 0 Å². The maximum Gasteiger partial charge on any atom is 0.416 e. The largest absolute Gasteiger partial charge is 0.416 e. The second kappa shape index (κ2) is 6.31. The molecule has 116 valence electrons. The van der Waals surface area contributed by atoms with Crippen LogP contribution in [0.15, 0.2) is 52.3 Å². The lowest BCUT2D eigenvalue weighted by Crippen LogP contribution is -2.05. The zero-order valence-corrected chi connectivity index (χ0v) is 12.4. The van der Waals surface area contributed by atoms with Gasteiger partial charge in [-0.1, -0.05) is 11.8 Å². The zero-order chi connectivity index (χ0) is 16.3. The number of nitrogen functional groups attached to an aromatic ring is 1. The number of anilines is 2. The molecule has 0 spiro atoms. The van der Waals surface area contributed by atoms with Crippen molar-refractivity contribution in [2.24, 2.45) is 0 Å². The van der Waals surface area contributed by atoms with Crippen LogP contribution in [0.1, 0.15) is 12.5 Å². The van der Waals surface area contributed by atoms with Crippen LogP contribution < -0.4 is 11.1 Å². The van der Waals surface area contributed by atoms with E-state index in [4.69, 9.17) is 5.73 Å². The zero-order valence-electron chi connectivity index (χ0n) is 11.6. The number of nitrogens with one attached hydrogen (secondary N) is 1. The first kappa shape index (κ1) is 16.2. The van der Waals surface area contributed by atoms with Crippen LogP contribution in [0, 0.1) is 0 Å². The first-order valence-corrected chi connectivity index (χ1v) is 7.09. The second-order valence-corrected chi connectivity index (χ2v) is 5.67. The highest BCUT2D eigenvalue weighted by atomic mass is 32.2. The normalized spacial score (nSPS) is 11.3. The summed E-state index contributed by atoms with van der Waals surface area (Å²) in [7, 11) is 0. The van der Waals surface area contributed by atoms with E-state index in [9.17, 15) is 18.0 Å². The number of halogens is 3. The van der Waals surface area contributed by atoms with Crippen LogP contribution in [0.3, 0.4) is 0 Å². The third-order valence-corrected chi connectivity index (χ3v) is 3.84. The molecule has 2 aromatic rings. The summed E-state index contributed by atoms with van der Waals surface area (Å²) in [6.45, 7) is 1.41. The molecule has 0 atom stereocenters. The van der Waals surface area contributed by atoms with Gasteiger partial charge in [0.2, 0.25) is 5.91 Å². The number of hydrogen-bond donors (Lipinski definition) is 2. The molecule has 22 heavy (non-hydrogen) atoms. The number of amides is 1. The molecule has 0 aliphatic heterocycles. The van der Waals surface area contributed by atoms with Crippen LogP contribution in [-0.2, 0) is 11.0 Å². The standard InChI is InChI=1S/C15H13F3N2OS/c1-9(21)20-11-3-5-12(6-4-11)22-14-7-2-10(8-13(14)19)15(16,17)18/h2-8H,19H2,1H3,(H,20,21). The molecule has 3 nitrogen and oxygen atoms in total. The Morgan fingerprint density at radius 2 is 1.77 bits per heavy atom. The van der Waals surface area contributed by atoms with Gasteiger partial charge in [0, 0.05) is 28.1 Å². The summed E-state index contributed by atoms with van der Waals surface area (Å²) in [4.78, 5) is 12.3. The predicted octanol–water partition coefficient (Wildman–Crippen LogP) is 4.40. The lowest BCUT2D eigenvalue weighted by molar-refractivity contribution is -0.137. The third kappa shape index (κ3) is 4.17. The summed E-state index contributed by atoms with van der Waals surface area (Å²) >= 11 is 1.26.